The van der Waals surface area contributed by atoms with Crippen molar-refractivity contribution >= 4 is 5.97 Å². The molecule has 1 aliphatic rings. The van der Waals surface area contributed by atoms with E-state index in [0.717, 1.165) is 31.2 Å². The van der Waals surface area contributed by atoms with Crippen LogP contribution >= 0.6 is 0 Å². The van der Waals surface area contributed by atoms with Crippen LogP contribution in [0.15, 0.2) is 78.9 Å². The fourth-order valence-corrected chi connectivity index (χ4v) is 5.14. The second kappa shape index (κ2) is 15.6. The number of benzene rings is 2. The number of rotatable bonds is 14. The van der Waals surface area contributed by atoms with Crippen LogP contribution in [0, 0.1) is 24.7 Å². The Morgan fingerprint density at radius 1 is 1.03 bits per heavy atom. The van der Waals surface area contributed by atoms with E-state index >= 15 is 0 Å². The van der Waals surface area contributed by atoms with Crippen molar-refractivity contribution in [1.29, 1.82) is 0 Å². The van der Waals surface area contributed by atoms with E-state index in [4.69, 9.17) is 4.74 Å². The molecule has 0 spiro atoms. The Morgan fingerprint density at radius 3 is 2.55 bits per heavy atom. The van der Waals surface area contributed by atoms with Gasteiger partial charge in [0.15, 0.2) is 0 Å². The number of esters is 1. The quantitative estimate of drug-likeness (QED) is 0.169. The SMILES string of the molecule is Cc1cccc(CC[C@H](O)/C=C/[C@@H]2[C@@H](C/C=C\CCCC(C)C(=O)OCc3ccccc3)[C@@H](O)C[C@H]2O)c1. The van der Waals surface area contributed by atoms with Gasteiger partial charge in [0, 0.05) is 12.3 Å². The highest BCUT2D eigenvalue weighted by Gasteiger charge is 2.39. The molecule has 0 amide bonds. The van der Waals surface area contributed by atoms with Crippen molar-refractivity contribution in [3.63, 3.8) is 0 Å². The minimum atomic E-state index is -0.605. The topological polar surface area (TPSA) is 87.0 Å². The molecule has 1 saturated carbocycles. The Kier molecular flexibility index (Phi) is 12.3. The number of aryl methyl sites for hydroxylation is 2. The van der Waals surface area contributed by atoms with Crippen molar-refractivity contribution in [1.82, 2.24) is 0 Å². The average molecular weight is 521 g/mol. The summed E-state index contributed by atoms with van der Waals surface area (Å²) in [6.45, 7) is 4.27. The minimum Gasteiger partial charge on any atom is -0.461 e. The predicted molar refractivity (Wildman–Crippen MR) is 151 cm³/mol. The zero-order chi connectivity index (χ0) is 27.3. The second-order valence-electron chi connectivity index (χ2n) is 10.7. The van der Waals surface area contributed by atoms with E-state index in [0.29, 0.717) is 25.9 Å². The maximum absolute atomic E-state index is 12.2. The minimum absolute atomic E-state index is 0.0756. The molecule has 0 radical (unpaired) electrons. The van der Waals surface area contributed by atoms with Gasteiger partial charge in [-0.3, -0.25) is 4.79 Å². The third-order valence-electron chi connectivity index (χ3n) is 7.49. The van der Waals surface area contributed by atoms with Gasteiger partial charge in [0.25, 0.3) is 0 Å². The lowest BCUT2D eigenvalue weighted by atomic mass is 9.89. The van der Waals surface area contributed by atoms with Crippen molar-refractivity contribution in [3.05, 3.63) is 95.6 Å². The van der Waals surface area contributed by atoms with Gasteiger partial charge >= 0.3 is 5.97 Å². The van der Waals surface area contributed by atoms with E-state index in [-0.39, 0.29) is 23.7 Å². The highest BCUT2D eigenvalue weighted by atomic mass is 16.5. The van der Waals surface area contributed by atoms with E-state index in [1.54, 1.807) is 6.08 Å². The molecule has 5 nitrogen and oxygen atoms in total. The molecule has 0 saturated heterocycles. The fraction of sp³-hybridized carbons (Fsp3) is 0.485. The molecule has 206 valence electrons. The molecule has 5 heteroatoms. The normalized spacial score (nSPS) is 23.2. The van der Waals surface area contributed by atoms with E-state index in [1.165, 1.54) is 11.1 Å². The Hall–Kier alpha value is -2.73. The first-order valence-electron chi connectivity index (χ1n) is 14.0. The third kappa shape index (κ3) is 9.86. The van der Waals surface area contributed by atoms with Gasteiger partial charge in [0.05, 0.1) is 24.2 Å². The molecular weight excluding hydrogens is 476 g/mol. The van der Waals surface area contributed by atoms with E-state index in [1.807, 2.05) is 49.4 Å². The van der Waals surface area contributed by atoms with Crippen LogP contribution < -0.4 is 0 Å². The lowest BCUT2D eigenvalue weighted by molar-refractivity contribution is -0.149. The number of unbranched alkanes of at least 4 members (excludes halogenated alkanes) is 1. The number of carbonyl (C=O) groups excluding carboxylic acids is 1. The number of ether oxygens (including phenoxy) is 1. The summed E-state index contributed by atoms with van der Waals surface area (Å²) in [4.78, 5) is 12.2. The van der Waals surface area contributed by atoms with Crippen LogP contribution in [0.4, 0.5) is 0 Å². The molecule has 0 aromatic heterocycles. The van der Waals surface area contributed by atoms with E-state index < -0.39 is 18.3 Å². The van der Waals surface area contributed by atoms with Gasteiger partial charge in [0.1, 0.15) is 6.61 Å². The summed E-state index contributed by atoms with van der Waals surface area (Å²) in [5.74, 6) is -0.571. The fourth-order valence-electron chi connectivity index (χ4n) is 5.14. The van der Waals surface area contributed by atoms with Crippen LogP contribution in [0.5, 0.6) is 0 Å². The summed E-state index contributed by atoms with van der Waals surface area (Å²) in [6, 6.07) is 18.0. The first-order valence-corrected chi connectivity index (χ1v) is 14.0. The molecule has 2 aromatic rings. The molecule has 3 rings (SSSR count). The van der Waals surface area contributed by atoms with Gasteiger partial charge in [-0.15, -0.1) is 0 Å². The lowest BCUT2D eigenvalue weighted by Gasteiger charge is -2.19. The van der Waals surface area contributed by atoms with Gasteiger partial charge in [-0.25, -0.2) is 0 Å². The first-order chi connectivity index (χ1) is 18.3. The van der Waals surface area contributed by atoms with Crippen molar-refractivity contribution in [2.45, 2.75) is 83.7 Å². The maximum Gasteiger partial charge on any atom is 0.308 e. The standard InChI is InChI=1S/C33H44O5/c1-24-11-10-15-26(21-24)17-18-28(34)19-20-30-29(31(35)22-32(30)36)16-9-4-3-6-12-25(2)33(37)38-23-27-13-7-5-8-14-27/h4-5,7-11,13-15,19-21,25,28-32,34-36H,3,6,12,16-18,22-23H2,1-2H3/b9-4-,20-19+/t25?,28-,29+,30+,31-,32+/m0/s1. The Morgan fingerprint density at radius 2 is 1.79 bits per heavy atom. The molecule has 0 heterocycles. The van der Waals surface area contributed by atoms with E-state index in [2.05, 4.69) is 37.3 Å². The Labute approximate surface area is 227 Å². The van der Waals surface area contributed by atoms with Gasteiger partial charge in [-0.2, -0.15) is 0 Å². The van der Waals surface area contributed by atoms with Crippen molar-refractivity contribution in [2.75, 3.05) is 0 Å². The molecule has 38 heavy (non-hydrogen) atoms. The molecule has 1 unspecified atom stereocenters. The van der Waals surface area contributed by atoms with Crippen LogP contribution in [0.3, 0.4) is 0 Å². The largest absolute Gasteiger partial charge is 0.461 e. The van der Waals surface area contributed by atoms with Crippen molar-refractivity contribution in [3.8, 4) is 0 Å². The lowest BCUT2D eigenvalue weighted by Crippen LogP contribution is -2.20. The summed E-state index contributed by atoms with van der Waals surface area (Å²) >= 11 is 0. The Balaban J connectivity index is 1.37. The van der Waals surface area contributed by atoms with Crippen LogP contribution in [-0.4, -0.2) is 39.6 Å². The monoisotopic (exact) mass is 520 g/mol. The molecule has 3 N–H and O–H groups in total. The number of hydrogen-bond donors (Lipinski definition) is 3. The molecule has 1 fully saturated rings. The van der Waals surface area contributed by atoms with E-state index in [9.17, 15) is 20.1 Å². The Bertz CT molecular complexity index is 1030. The molecule has 6 atom stereocenters. The summed E-state index contributed by atoms with van der Waals surface area (Å²) < 4.78 is 5.42. The molecule has 0 bridgehead atoms. The summed E-state index contributed by atoms with van der Waals surface area (Å²) in [6.07, 6.45) is 11.0. The molecule has 0 aliphatic heterocycles. The van der Waals surface area contributed by atoms with Crippen LogP contribution in [0.25, 0.3) is 0 Å². The van der Waals surface area contributed by atoms with Crippen LogP contribution in [0.2, 0.25) is 0 Å². The summed E-state index contributed by atoms with van der Waals surface area (Å²) in [5, 5.41) is 31.4. The molecule has 2 aromatic carbocycles. The highest BCUT2D eigenvalue weighted by Crippen LogP contribution is 2.36. The van der Waals surface area contributed by atoms with Crippen molar-refractivity contribution in [2.24, 2.45) is 17.8 Å². The second-order valence-corrected chi connectivity index (χ2v) is 10.7. The van der Waals surface area contributed by atoms with Gasteiger partial charge in [-0.05, 0) is 62.5 Å². The number of aliphatic hydroxyl groups excluding tert-OH is 3. The molecular formula is C33H44O5. The molecule has 1 aliphatic carbocycles. The number of allylic oxidation sites excluding steroid dienone is 2. The third-order valence-corrected chi connectivity index (χ3v) is 7.49. The zero-order valence-corrected chi connectivity index (χ0v) is 22.8. The number of hydrogen-bond acceptors (Lipinski definition) is 5. The van der Waals surface area contributed by atoms with Crippen molar-refractivity contribution < 1.29 is 24.9 Å². The first kappa shape index (κ1) is 29.8. The van der Waals surface area contributed by atoms with Crippen LogP contribution in [-0.2, 0) is 22.6 Å². The highest BCUT2D eigenvalue weighted by molar-refractivity contribution is 5.71. The van der Waals surface area contributed by atoms with Crippen LogP contribution in [0.1, 0.15) is 62.1 Å². The van der Waals surface area contributed by atoms with Gasteiger partial charge in [-0.1, -0.05) is 91.4 Å². The van der Waals surface area contributed by atoms with Gasteiger partial charge < -0.3 is 20.1 Å². The summed E-state index contributed by atoms with van der Waals surface area (Å²) in [7, 11) is 0. The number of aliphatic hydroxyl groups is 3. The maximum atomic E-state index is 12.2. The number of carbonyl (C=O) groups is 1. The average Bonchev–Trinajstić information content (AvgIpc) is 3.18. The zero-order valence-electron chi connectivity index (χ0n) is 22.8. The summed E-state index contributed by atoms with van der Waals surface area (Å²) in [5.41, 5.74) is 3.40. The predicted octanol–water partition coefficient (Wildman–Crippen LogP) is 5.70. The van der Waals surface area contributed by atoms with Gasteiger partial charge in [0.2, 0.25) is 0 Å². The smallest absolute Gasteiger partial charge is 0.308 e.